The highest BCUT2D eigenvalue weighted by Gasteiger charge is 2.10. The van der Waals surface area contributed by atoms with Crippen molar-refractivity contribution in [2.45, 2.75) is 45.6 Å². The van der Waals surface area contributed by atoms with Gasteiger partial charge in [0, 0.05) is 6.04 Å². The van der Waals surface area contributed by atoms with Crippen LogP contribution in [0.1, 0.15) is 37.8 Å². The summed E-state index contributed by atoms with van der Waals surface area (Å²) < 4.78 is 4.88. The molecule has 3 heteroatoms. The monoisotopic (exact) mass is 249 g/mol. The molecular weight excluding hydrogens is 226 g/mol. The summed E-state index contributed by atoms with van der Waals surface area (Å²) in [4.78, 5) is 11.3. The Morgan fingerprint density at radius 2 is 1.83 bits per heavy atom. The Bertz CT molecular complexity index is 359. The SMILES string of the molecule is CCCc1ccc(CC(N)CC(=O)OCC)cc1. The van der Waals surface area contributed by atoms with Crippen molar-refractivity contribution < 1.29 is 9.53 Å². The van der Waals surface area contributed by atoms with Gasteiger partial charge in [-0.2, -0.15) is 0 Å². The molecule has 0 aliphatic heterocycles. The quantitative estimate of drug-likeness (QED) is 0.755. The van der Waals surface area contributed by atoms with E-state index in [9.17, 15) is 4.79 Å². The van der Waals surface area contributed by atoms with Gasteiger partial charge < -0.3 is 10.5 Å². The second-order valence-electron chi connectivity index (χ2n) is 4.54. The van der Waals surface area contributed by atoms with E-state index in [0.717, 1.165) is 12.8 Å². The third kappa shape index (κ3) is 5.32. The van der Waals surface area contributed by atoms with Crippen molar-refractivity contribution in [2.24, 2.45) is 5.73 Å². The van der Waals surface area contributed by atoms with E-state index in [1.165, 1.54) is 11.1 Å². The predicted molar refractivity (Wildman–Crippen MR) is 73.4 cm³/mol. The van der Waals surface area contributed by atoms with Crippen LogP contribution in [0.2, 0.25) is 0 Å². The van der Waals surface area contributed by atoms with Crippen molar-refractivity contribution >= 4 is 5.97 Å². The van der Waals surface area contributed by atoms with Crippen LogP contribution in [0.4, 0.5) is 0 Å². The van der Waals surface area contributed by atoms with Crippen LogP contribution in [0.15, 0.2) is 24.3 Å². The summed E-state index contributed by atoms with van der Waals surface area (Å²) in [6.45, 7) is 4.39. The molecule has 1 unspecified atom stereocenters. The Hall–Kier alpha value is -1.35. The molecule has 0 bridgehead atoms. The molecule has 0 saturated heterocycles. The molecule has 1 aromatic rings. The average molecular weight is 249 g/mol. The minimum Gasteiger partial charge on any atom is -0.466 e. The molecule has 1 atom stereocenters. The smallest absolute Gasteiger partial charge is 0.307 e. The summed E-state index contributed by atoms with van der Waals surface area (Å²) in [7, 11) is 0. The lowest BCUT2D eigenvalue weighted by Crippen LogP contribution is -2.27. The molecule has 0 radical (unpaired) electrons. The lowest BCUT2D eigenvalue weighted by molar-refractivity contribution is -0.143. The van der Waals surface area contributed by atoms with E-state index in [0.29, 0.717) is 13.0 Å². The Labute approximate surface area is 109 Å². The van der Waals surface area contributed by atoms with Crippen LogP contribution in [0.5, 0.6) is 0 Å². The number of carbonyl (C=O) groups excluding carboxylic acids is 1. The fourth-order valence-electron chi connectivity index (χ4n) is 1.94. The van der Waals surface area contributed by atoms with Gasteiger partial charge >= 0.3 is 5.97 Å². The fraction of sp³-hybridized carbons (Fsp3) is 0.533. The van der Waals surface area contributed by atoms with Crippen LogP contribution in [-0.2, 0) is 22.4 Å². The molecule has 0 aliphatic rings. The van der Waals surface area contributed by atoms with E-state index in [1.54, 1.807) is 6.92 Å². The van der Waals surface area contributed by atoms with Crippen molar-refractivity contribution in [1.29, 1.82) is 0 Å². The third-order valence-electron chi connectivity index (χ3n) is 2.79. The molecule has 0 heterocycles. The normalized spacial score (nSPS) is 12.2. The second-order valence-corrected chi connectivity index (χ2v) is 4.54. The van der Waals surface area contributed by atoms with Gasteiger partial charge in [-0.3, -0.25) is 4.79 Å². The minimum atomic E-state index is -0.215. The minimum absolute atomic E-state index is 0.166. The number of aryl methyl sites for hydroxylation is 1. The highest BCUT2D eigenvalue weighted by atomic mass is 16.5. The van der Waals surface area contributed by atoms with Gasteiger partial charge in [-0.1, -0.05) is 37.6 Å². The van der Waals surface area contributed by atoms with Gasteiger partial charge in [0.15, 0.2) is 0 Å². The van der Waals surface area contributed by atoms with Crippen molar-refractivity contribution in [1.82, 2.24) is 0 Å². The Balaban J connectivity index is 2.43. The lowest BCUT2D eigenvalue weighted by Gasteiger charge is -2.11. The molecule has 1 aromatic carbocycles. The third-order valence-corrected chi connectivity index (χ3v) is 2.79. The molecule has 18 heavy (non-hydrogen) atoms. The van der Waals surface area contributed by atoms with E-state index in [-0.39, 0.29) is 18.4 Å². The van der Waals surface area contributed by atoms with Crippen LogP contribution in [0.25, 0.3) is 0 Å². The highest BCUT2D eigenvalue weighted by Crippen LogP contribution is 2.09. The van der Waals surface area contributed by atoms with Gasteiger partial charge in [0.25, 0.3) is 0 Å². The summed E-state index contributed by atoms with van der Waals surface area (Å²) in [6.07, 6.45) is 3.26. The van der Waals surface area contributed by atoms with E-state index < -0.39 is 0 Å². The van der Waals surface area contributed by atoms with E-state index >= 15 is 0 Å². The van der Waals surface area contributed by atoms with Gasteiger partial charge in [0.2, 0.25) is 0 Å². The summed E-state index contributed by atoms with van der Waals surface area (Å²) >= 11 is 0. The summed E-state index contributed by atoms with van der Waals surface area (Å²) in [5, 5.41) is 0. The van der Waals surface area contributed by atoms with E-state index in [4.69, 9.17) is 10.5 Å². The molecular formula is C15H23NO2. The Morgan fingerprint density at radius 1 is 1.22 bits per heavy atom. The van der Waals surface area contributed by atoms with Gasteiger partial charge in [-0.15, -0.1) is 0 Å². The fourth-order valence-corrected chi connectivity index (χ4v) is 1.94. The van der Waals surface area contributed by atoms with Crippen LogP contribution >= 0.6 is 0 Å². The number of esters is 1. The Kier molecular flexibility index (Phi) is 6.44. The number of ether oxygens (including phenoxy) is 1. The van der Waals surface area contributed by atoms with Crippen LogP contribution < -0.4 is 5.73 Å². The first-order valence-electron chi connectivity index (χ1n) is 6.64. The number of rotatable bonds is 7. The number of nitrogens with two attached hydrogens (primary N) is 1. The van der Waals surface area contributed by atoms with Crippen LogP contribution in [0, 0.1) is 0 Å². The van der Waals surface area contributed by atoms with Gasteiger partial charge in [-0.25, -0.2) is 0 Å². The molecule has 0 fully saturated rings. The van der Waals surface area contributed by atoms with E-state index in [2.05, 4.69) is 31.2 Å². The molecule has 0 amide bonds. The molecule has 100 valence electrons. The highest BCUT2D eigenvalue weighted by molar-refractivity contribution is 5.70. The summed E-state index contributed by atoms with van der Waals surface area (Å²) in [5.74, 6) is -0.215. The van der Waals surface area contributed by atoms with Gasteiger partial charge in [0.1, 0.15) is 0 Å². The van der Waals surface area contributed by atoms with Crippen molar-refractivity contribution in [3.05, 3.63) is 35.4 Å². The molecule has 3 nitrogen and oxygen atoms in total. The maximum Gasteiger partial charge on any atom is 0.307 e. The van der Waals surface area contributed by atoms with Gasteiger partial charge in [-0.05, 0) is 30.9 Å². The molecule has 2 N–H and O–H groups in total. The zero-order valence-electron chi connectivity index (χ0n) is 11.3. The summed E-state index contributed by atoms with van der Waals surface area (Å²) in [6, 6.07) is 8.29. The zero-order chi connectivity index (χ0) is 13.4. The summed E-state index contributed by atoms with van der Waals surface area (Å²) in [5.41, 5.74) is 8.45. The molecule has 1 rings (SSSR count). The molecule has 0 aliphatic carbocycles. The van der Waals surface area contributed by atoms with Crippen molar-refractivity contribution in [3.8, 4) is 0 Å². The zero-order valence-corrected chi connectivity index (χ0v) is 11.3. The largest absolute Gasteiger partial charge is 0.466 e. The maximum absolute atomic E-state index is 11.3. The standard InChI is InChI=1S/C15H23NO2/c1-3-5-12-6-8-13(9-7-12)10-14(16)11-15(17)18-4-2/h6-9,14H,3-5,10-11,16H2,1-2H3. The van der Waals surface area contributed by atoms with Crippen LogP contribution in [-0.4, -0.2) is 18.6 Å². The average Bonchev–Trinajstić information content (AvgIpc) is 2.32. The first kappa shape index (κ1) is 14.7. The number of carbonyl (C=O) groups is 1. The number of hydrogen-bond acceptors (Lipinski definition) is 3. The predicted octanol–water partition coefficient (Wildman–Crippen LogP) is 2.46. The molecule has 0 aromatic heterocycles. The first-order chi connectivity index (χ1) is 8.65. The first-order valence-corrected chi connectivity index (χ1v) is 6.64. The van der Waals surface area contributed by atoms with Crippen molar-refractivity contribution in [2.75, 3.05) is 6.61 Å². The van der Waals surface area contributed by atoms with E-state index in [1.807, 2.05) is 0 Å². The lowest BCUT2D eigenvalue weighted by atomic mass is 10.0. The second kappa shape index (κ2) is 7.88. The topological polar surface area (TPSA) is 52.3 Å². The van der Waals surface area contributed by atoms with Gasteiger partial charge in [0.05, 0.1) is 13.0 Å². The molecule has 0 spiro atoms. The number of hydrogen-bond donors (Lipinski definition) is 1. The Morgan fingerprint density at radius 3 is 2.39 bits per heavy atom. The van der Waals surface area contributed by atoms with Crippen LogP contribution in [0.3, 0.4) is 0 Å². The number of benzene rings is 1. The maximum atomic E-state index is 11.3. The molecule has 0 saturated carbocycles. The van der Waals surface area contributed by atoms with Crippen molar-refractivity contribution in [3.63, 3.8) is 0 Å².